The zero-order valence-electron chi connectivity index (χ0n) is 16.0. The molecule has 3 nitrogen and oxygen atoms in total. The van der Waals surface area contributed by atoms with E-state index in [2.05, 4.69) is 25.2 Å². The molecule has 1 amide bonds. The molecule has 0 aromatic carbocycles. The first-order valence-electron chi connectivity index (χ1n) is 10.2. The molecule has 0 aromatic rings. The normalized spacial score (nSPS) is 44.0. The predicted molar refractivity (Wildman–Crippen MR) is 94.7 cm³/mol. The van der Waals surface area contributed by atoms with Crippen LogP contribution in [0.3, 0.4) is 0 Å². The summed E-state index contributed by atoms with van der Waals surface area (Å²) < 4.78 is 37.7. The highest BCUT2D eigenvalue weighted by molar-refractivity contribution is 5.87. The number of halogens is 3. The van der Waals surface area contributed by atoms with E-state index in [0.29, 0.717) is 42.8 Å². The van der Waals surface area contributed by atoms with E-state index in [4.69, 9.17) is 0 Å². The number of fused-ring (bicyclic) bond motifs is 5. The van der Waals surface area contributed by atoms with Gasteiger partial charge in [-0.3, -0.25) is 9.59 Å². The number of hydrogen-bond acceptors (Lipinski definition) is 2. The maximum atomic E-state index is 12.6. The van der Waals surface area contributed by atoms with Crippen LogP contribution in [0, 0.1) is 28.6 Å². The Kier molecular flexibility index (Phi) is 4.28. The van der Waals surface area contributed by atoms with Gasteiger partial charge in [0.15, 0.2) is 0 Å². The van der Waals surface area contributed by atoms with E-state index in [1.165, 1.54) is 5.57 Å². The molecule has 4 aliphatic rings. The summed E-state index contributed by atoms with van der Waals surface area (Å²) in [5, 5.41) is 2.18. The van der Waals surface area contributed by atoms with E-state index in [0.717, 1.165) is 32.1 Å². The van der Waals surface area contributed by atoms with Crippen molar-refractivity contribution in [2.45, 2.75) is 77.4 Å². The van der Waals surface area contributed by atoms with Crippen LogP contribution < -0.4 is 5.32 Å². The van der Waals surface area contributed by atoms with Crippen LogP contribution in [0.1, 0.15) is 65.2 Å². The van der Waals surface area contributed by atoms with Crippen molar-refractivity contribution in [3.8, 4) is 0 Å². The number of hydrogen-bond donors (Lipinski definition) is 1. The van der Waals surface area contributed by atoms with Crippen molar-refractivity contribution in [1.82, 2.24) is 5.32 Å². The Bertz CT molecular complexity index is 700. The van der Waals surface area contributed by atoms with Gasteiger partial charge in [-0.05, 0) is 68.1 Å². The molecule has 0 heterocycles. The highest BCUT2D eigenvalue weighted by Crippen LogP contribution is 2.63. The van der Waals surface area contributed by atoms with Crippen LogP contribution in [-0.2, 0) is 9.59 Å². The first-order valence-corrected chi connectivity index (χ1v) is 10.2. The highest BCUT2D eigenvalue weighted by atomic mass is 19.4. The van der Waals surface area contributed by atoms with Gasteiger partial charge < -0.3 is 5.32 Å². The van der Waals surface area contributed by atoms with Crippen LogP contribution in [0.2, 0.25) is 0 Å². The van der Waals surface area contributed by atoms with Crippen LogP contribution in [0.25, 0.3) is 0 Å². The van der Waals surface area contributed by atoms with Crippen molar-refractivity contribution < 1.29 is 22.8 Å². The lowest BCUT2D eigenvalue weighted by Crippen LogP contribution is -2.52. The molecule has 0 aliphatic heterocycles. The van der Waals surface area contributed by atoms with Crippen molar-refractivity contribution in [2.24, 2.45) is 28.6 Å². The minimum Gasteiger partial charge on any atom is -0.345 e. The fourth-order valence-electron chi connectivity index (χ4n) is 6.82. The van der Waals surface area contributed by atoms with Crippen molar-refractivity contribution in [3.63, 3.8) is 0 Å². The summed E-state index contributed by atoms with van der Waals surface area (Å²) in [6.45, 7) is 4.41. The summed E-state index contributed by atoms with van der Waals surface area (Å²) >= 11 is 0. The topological polar surface area (TPSA) is 46.2 Å². The van der Waals surface area contributed by atoms with Crippen molar-refractivity contribution in [3.05, 3.63) is 11.6 Å². The molecule has 0 aromatic heterocycles. The number of amides is 1. The standard InChI is InChI=1S/C21H28F3NO2/c1-19-9-7-13(25-18(27)21(22,23)24)11-12(19)3-4-14-15-5-6-17(26)20(15,2)10-8-16(14)19/h3,13-16H,4-11H2,1-2H3,(H,25,27)/t13?,14-,15-,16-,19-,20-/m0/s1. The monoisotopic (exact) mass is 383 g/mol. The molecule has 1 unspecified atom stereocenters. The fraction of sp³-hybridized carbons (Fsp3) is 0.810. The molecule has 4 rings (SSSR count). The molecule has 0 spiro atoms. The SMILES string of the molecule is C[C@]12CCC(NC(=O)C(F)(F)F)CC1=CC[C@@H]1[C@@H]2CC[C@]2(C)C(=O)CC[C@@H]12. The number of ketones is 1. The minimum absolute atomic E-state index is 0.00462. The van der Waals surface area contributed by atoms with Crippen LogP contribution in [0.5, 0.6) is 0 Å². The number of alkyl halides is 3. The maximum absolute atomic E-state index is 12.6. The van der Waals surface area contributed by atoms with Gasteiger partial charge >= 0.3 is 12.1 Å². The lowest BCUT2D eigenvalue weighted by atomic mass is 9.48. The van der Waals surface area contributed by atoms with Gasteiger partial charge in [-0.25, -0.2) is 0 Å². The average molecular weight is 383 g/mol. The molecule has 6 atom stereocenters. The van der Waals surface area contributed by atoms with E-state index < -0.39 is 18.1 Å². The summed E-state index contributed by atoms with van der Waals surface area (Å²) in [4.78, 5) is 23.8. The molecule has 150 valence electrons. The van der Waals surface area contributed by atoms with E-state index in [1.807, 2.05) is 0 Å². The summed E-state index contributed by atoms with van der Waals surface area (Å²) in [6.07, 6.45) is 3.87. The van der Waals surface area contributed by atoms with E-state index >= 15 is 0 Å². The molecule has 3 fully saturated rings. The molecule has 0 saturated heterocycles. The van der Waals surface area contributed by atoms with Gasteiger partial charge in [-0.1, -0.05) is 25.5 Å². The summed E-state index contributed by atoms with van der Waals surface area (Å²) in [5.74, 6) is 0.0415. The van der Waals surface area contributed by atoms with Crippen LogP contribution >= 0.6 is 0 Å². The Hall–Kier alpha value is -1.33. The number of carbonyl (C=O) groups excluding carboxylic acids is 2. The van der Waals surface area contributed by atoms with Gasteiger partial charge in [0.05, 0.1) is 0 Å². The number of nitrogens with one attached hydrogen (secondary N) is 1. The number of carbonyl (C=O) groups is 2. The first-order chi connectivity index (χ1) is 12.6. The molecule has 0 bridgehead atoms. The van der Waals surface area contributed by atoms with Crippen molar-refractivity contribution >= 4 is 11.7 Å². The highest BCUT2D eigenvalue weighted by Gasteiger charge is 2.58. The van der Waals surface area contributed by atoms with E-state index in [-0.39, 0.29) is 10.8 Å². The lowest BCUT2D eigenvalue weighted by molar-refractivity contribution is -0.174. The zero-order chi connectivity index (χ0) is 19.6. The van der Waals surface area contributed by atoms with Gasteiger partial charge in [-0.15, -0.1) is 0 Å². The van der Waals surface area contributed by atoms with Gasteiger partial charge in [0.2, 0.25) is 0 Å². The average Bonchev–Trinajstić information content (AvgIpc) is 2.89. The number of rotatable bonds is 1. The van der Waals surface area contributed by atoms with Crippen molar-refractivity contribution in [1.29, 1.82) is 0 Å². The number of Topliss-reactive ketones (excluding diaryl/α,β-unsaturated/α-hetero) is 1. The second-order valence-corrected chi connectivity index (χ2v) is 9.59. The molecule has 0 radical (unpaired) electrons. The lowest BCUT2D eigenvalue weighted by Gasteiger charge is -2.57. The molecule has 3 saturated carbocycles. The molecule has 4 aliphatic carbocycles. The van der Waals surface area contributed by atoms with Crippen molar-refractivity contribution in [2.75, 3.05) is 0 Å². The van der Waals surface area contributed by atoms with Crippen LogP contribution in [0.4, 0.5) is 13.2 Å². The molecule has 6 heteroatoms. The van der Waals surface area contributed by atoms with E-state index in [1.54, 1.807) is 0 Å². The zero-order valence-corrected chi connectivity index (χ0v) is 16.0. The second-order valence-electron chi connectivity index (χ2n) is 9.59. The summed E-state index contributed by atoms with van der Waals surface area (Å²) in [7, 11) is 0. The summed E-state index contributed by atoms with van der Waals surface area (Å²) in [5.41, 5.74) is 1.05. The van der Waals surface area contributed by atoms with E-state index in [9.17, 15) is 22.8 Å². The third-order valence-corrected chi connectivity index (χ3v) is 8.41. The van der Waals surface area contributed by atoms with Crippen LogP contribution in [0.15, 0.2) is 11.6 Å². The fourth-order valence-corrected chi connectivity index (χ4v) is 6.82. The molecular weight excluding hydrogens is 355 g/mol. The predicted octanol–water partition coefficient (Wildman–Crippen LogP) is 4.57. The van der Waals surface area contributed by atoms with Crippen LogP contribution in [-0.4, -0.2) is 23.9 Å². The Labute approximate surface area is 158 Å². The third-order valence-electron chi connectivity index (χ3n) is 8.41. The summed E-state index contributed by atoms with van der Waals surface area (Å²) in [6, 6.07) is -0.433. The number of allylic oxidation sites excluding steroid dienone is 1. The third kappa shape index (κ3) is 2.85. The van der Waals surface area contributed by atoms with Gasteiger partial charge in [-0.2, -0.15) is 13.2 Å². The Balaban J connectivity index is 1.53. The Morgan fingerprint density at radius 2 is 1.78 bits per heavy atom. The quantitative estimate of drug-likeness (QED) is 0.675. The molecular formula is C21H28F3NO2. The first kappa shape index (κ1) is 19.0. The molecule has 1 N–H and O–H groups in total. The minimum atomic E-state index is -4.82. The second kappa shape index (κ2) is 6.08. The maximum Gasteiger partial charge on any atom is 0.471 e. The smallest absolute Gasteiger partial charge is 0.345 e. The largest absolute Gasteiger partial charge is 0.471 e. The van der Waals surface area contributed by atoms with Gasteiger partial charge in [0.1, 0.15) is 5.78 Å². The molecule has 27 heavy (non-hydrogen) atoms. The Morgan fingerprint density at radius 3 is 2.48 bits per heavy atom. The van der Waals surface area contributed by atoms with Gasteiger partial charge in [0.25, 0.3) is 0 Å². The Morgan fingerprint density at radius 1 is 1.11 bits per heavy atom. The van der Waals surface area contributed by atoms with Gasteiger partial charge in [0, 0.05) is 17.9 Å².